The van der Waals surface area contributed by atoms with Crippen LogP contribution in [-0.2, 0) is 36.5 Å². The highest BCUT2D eigenvalue weighted by atomic mass is 32.1. The van der Waals surface area contributed by atoms with Gasteiger partial charge in [0.1, 0.15) is 10.6 Å². The van der Waals surface area contributed by atoms with Gasteiger partial charge in [0.2, 0.25) is 0 Å². The lowest BCUT2D eigenvalue weighted by molar-refractivity contribution is -0.147. The summed E-state index contributed by atoms with van der Waals surface area (Å²) in [4.78, 5) is 32.8. The van der Waals surface area contributed by atoms with Gasteiger partial charge in [-0.25, -0.2) is 9.78 Å². The van der Waals surface area contributed by atoms with E-state index in [1.165, 1.54) is 6.92 Å². The zero-order valence-electron chi connectivity index (χ0n) is 27.4. The Morgan fingerprint density at radius 2 is 1.70 bits per heavy atom. The van der Waals surface area contributed by atoms with Crippen LogP contribution >= 0.6 is 11.3 Å². The van der Waals surface area contributed by atoms with Crippen LogP contribution in [0.25, 0.3) is 0 Å². The predicted octanol–water partition coefficient (Wildman–Crippen LogP) is 7.91. The molecule has 0 fully saturated rings. The van der Waals surface area contributed by atoms with Crippen molar-refractivity contribution < 1.29 is 28.2 Å². The number of nitrogens with zero attached hydrogens (tertiary/aromatic N) is 2. The SMILES string of the molecule is CCCCOCCc1sc([C@@H](C[C@H](C(C)C)N(C)C(=O)OC(C)(C)C)OC(C)=O)nc1CO[Si](C)(C)C(C)(C)C. The third-order valence-corrected chi connectivity index (χ3v) is 13.0. The number of thiazole rings is 1. The summed E-state index contributed by atoms with van der Waals surface area (Å²) >= 11 is 1.55. The molecule has 1 amide bonds. The van der Waals surface area contributed by atoms with E-state index in [2.05, 4.69) is 54.6 Å². The number of aromatic nitrogens is 1. The van der Waals surface area contributed by atoms with Crippen molar-refractivity contribution in [2.24, 2.45) is 5.92 Å². The van der Waals surface area contributed by atoms with E-state index >= 15 is 0 Å². The number of rotatable bonds is 15. The van der Waals surface area contributed by atoms with Gasteiger partial charge in [0.05, 0.1) is 18.9 Å². The molecule has 0 radical (unpaired) electrons. The van der Waals surface area contributed by atoms with Gasteiger partial charge in [-0.15, -0.1) is 11.3 Å². The molecule has 1 aromatic heterocycles. The van der Waals surface area contributed by atoms with Gasteiger partial charge in [-0.3, -0.25) is 4.79 Å². The first-order valence-electron chi connectivity index (χ1n) is 14.6. The lowest BCUT2D eigenvalue weighted by atomic mass is 9.96. The summed E-state index contributed by atoms with van der Waals surface area (Å²) in [7, 11) is -0.263. The largest absolute Gasteiger partial charge is 0.455 e. The third-order valence-electron chi connectivity index (χ3n) is 7.27. The molecule has 8 nitrogen and oxygen atoms in total. The van der Waals surface area contributed by atoms with Crippen LogP contribution in [0.1, 0.15) is 110 Å². The fourth-order valence-electron chi connectivity index (χ4n) is 3.79. The van der Waals surface area contributed by atoms with Gasteiger partial charge < -0.3 is 23.5 Å². The summed E-state index contributed by atoms with van der Waals surface area (Å²) in [6.07, 6.45) is 2.26. The Balaban J connectivity index is 3.33. The van der Waals surface area contributed by atoms with Crippen molar-refractivity contribution >= 4 is 31.7 Å². The average molecular weight is 601 g/mol. The molecule has 0 saturated carbocycles. The number of unbranched alkanes of at least 4 members (excludes halogenated alkanes) is 1. The highest BCUT2D eigenvalue weighted by Gasteiger charge is 2.38. The molecule has 0 unspecified atom stereocenters. The quantitative estimate of drug-likeness (QED) is 0.115. The zero-order chi connectivity index (χ0) is 30.9. The van der Waals surface area contributed by atoms with E-state index in [1.807, 2.05) is 20.8 Å². The summed E-state index contributed by atoms with van der Waals surface area (Å²) < 4.78 is 23.9. The highest BCUT2D eigenvalue weighted by molar-refractivity contribution is 7.11. The Morgan fingerprint density at radius 3 is 2.20 bits per heavy atom. The second kappa shape index (κ2) is 15.7. The first-order valence-corrected chi connectivity index (χ1v) is 18.3. The Hall–Kier alpha value is -1.49. The number of hydrogen-bond donors (Lipinski definition) is 0. The number of hydrogen-bond acceptors (Lipinski definition) is 8. The first kappa shape index (κ1) is 36.5. The molecule has 1 rings (SSSR count). The van der Waals surface area contributed by atoms with Gasteiger partial charge in [-0.05, 0) is 51.2 Å². The summed E-state index contributed by atoms with van der Waals surface area (Å²) in [6.45, 7) is 26.1. The first-order chi connectivity index (χ1) is 18.3. The molecule has 0 aliphatic rings. The fraction of sp³-hybridized carbons (Fsp3) is 0.833. The molecule has 0 saturated heterocycles. The number of amides is 1. The maximum absolute atomic E-state index is 12.9. The number of esters is 1. The molecule has 40 heavy (non-hydrogen) atoms. The van der Waals surface area contributed by atoms with Crippen LogP contribution in [0.15, 0.2) is 0 Å². The van der Waals surface area contributed by atoms with E-state index < -0.39 is 26.1 Å². The molecule has 1 heterocycles. The van der Waals surface area contributed by atoms with Gasteiger partial charge >= 0.3 is 12.1 Å². The van der Waals surface area contributed by atoms with Crippen molar-refractivity contribution in [2.45, 2.75) is 137 Å². The minimum Gasteiger partial charge on any atom is -0.455 e. The van der Waals surface area contributed by atoms with Crippen molar-refractivity contribution in [3.63, 3.8) is 0 Å². The Kier molecular flexibility index (Phi) is 14.3. The Morgan fingerprint density at radius 1 is 1.07 bits per heavy atom. The predicted molar refractivity (Wildman–Crippen MR) is 165 cm³/mol. The van der Waals surface area contributed by atoms with Crippen molar-refractivity contribution in [1.82, 2.24) is 9.88 Å². The van der Waals surface area contributed by atoms with Crippen molar-refractivity contribution in [1.29, 1.82) is 0 Å². The third kappa shape index (κ3) is 12.2. The maximum Gasteiger partial charge on any atom is 0.410 e. The maximum atomic E-state index is 12.9. The molecule has 0 aliphatic heterocycles. The van der Waals surface area contributed by atoms with Crippen LogP contribution < -0.4 is 0 Å². The number of carbonyl (C=O) groups is 2. The Bertz CT molecular complexity index is 936. The van der Waals surface area contributed by atoms with Crippen LogP contribution in [-0.4, -0.2) is 62.2 Å². The van der Waals surface area contributed by atoms with Gasteiger partial charge in [-0.1, -0.05) is 48.0 Å². The summed E-state index contributed by atoms with van der Waals surface area (Å²) in [5.74, 6) is -0.283. The van der Waals surface area contributed by atoms with Crippen LogP contribution in [0.3, 0.4) is 0 Å². The highest BCUT2D eigenvalue weighted by Crippen LogP contribution is 2.38. The molecule has 232 valence electrons. The molecule has 0 aromatic carbocycles. The lowest BCUT2D eigenvalue weighted by Crippen LogP contribution is -2.44. The van der Waals surface area contributed by atoms with E-state index in [0.717, 1.165) is 41.4 Å². The molecule has 0 spiro atoms. The van der Waals surface area contributed by atoms with Crippen LogP contribution in [0.4, 0.5) is 4.79 Å². The molecule has 10 heteroatoms. The van der Waals surface area contributed by atoms with E-state index in [0.29, 0.717) is 19.6 Å². The molecule has 0 bridgehead atoms. The molecular weight excluding hydrogens is 544 g/mol. The Labute approximate surface area is 248 Å². The van der Waals surface area contributed by atoms with Gasteiger partial charge in [-0.2, -0.15) is 0 Å². The zero-order valence-corrected chi connectivity index (χ0v) is 29.3. The van der Waals surface area contributed by atoms with Gasteiger partial charge in [0, 0.05) is 44.3 Å². The standard InChI is InChI=1S/C30H56N2O6SSi/c1-14-15-17-35-18-16-26-23(20-36-40(12,13)30(8,9)10)31-27(39-26)25(37-22(4)33)19-24(21(2)3)32(11)28(34)38-29(5,6)7/h21,24-25H,14-20H2,1-13H3/t24-,25-/m1/s1. The van der Waals surface area contributed by atoms with E-state index in [9.17, 15) is 9.59 Å². The van der Waals surface area contributed by atoms with Gasteiger partial charge in [0.15, 0.2) is 14.4 Å². The minimum absolute atomic E-state index is 0.0757. The summed E-state index contributed by atoms with van der Waals surface area (Å²) in [5.41, 5.74) is 0.271. The van der Waals surface area contributed by atoms with E-state index in [4.69, 9.17) is 23.6 Å². The van der Waals surface area contributed by atoms with Gasteiger partial charge in [0.25, 0.3) is 0 Å². The monoisotopic (exact) mass is 600 g/mol. The lowest BCUT2D eigenvalue weighted by Gasteiger charge is -2.36. The van der Waals surface area contributed by atoms with Crippen LogP contribution in [0, 0.1) is 5.92 Å². The second-order valence-corrected chi connectivity index (χ2v) is 19.3. The topological polar surface area (TPSA) is 87.2 Å². The fourth-order valence-corrected chi connectivity index (χ4v) is 5.82. The molecule has 2 atom stereocenters. The van der Waals surface area contributed by atoms with Crippen molar-refractivity contribution in [3.8, 4) is 0 Å². The smallest absolute Gasteiger partial charge is 0.410 e. The summed E-state index contributed by atoms with van der Waals surface area (Å²) in [5, 5.41) is 0.794. The molecule has 1 aromatic rings. The number of ether oxygens (including phenoxy) is 3. The average Bonchev–Trinajstić information content (AvgIpc) is 3.20. The van der Waals surface area contributed by atoms with Crippen LogP contribution in [0.2, 0.25) is 18.1 Å². The van der Waals surface area contributed by atoms with Crippen LogP contribution in [0.5, 0.6) is 0 Å². The van der Waals surface area contributed by atoms with Crippen molar-refractivity contribution in [3.05, 3.63) is 15.6 Å². The summed E-state index contributed by atoms with van der Waals surface area (Å²) in [6, 6.07) is -0.226. The molecule has 0 aliphatic carbocycles. The minimum atomic E-state index is -2.00. The second-order valence-electron chi connectivity index (χ2n) is 13.4. The normalized spacial score (nSPS) is 14.2. The molecular formula is C30H56N2O6SSi. The van der Waals surface area contributed by atoms with E-state index in [-0.39, 0.29) is 23.0 Å². The van der Waals surface area contributed by atoms with Crippen molar-refractivity contribution in [2.75, 3.05) is 20.3 Å². The number of carbonyl (C=O) groups excluding carboxylic acids is 2. The molecule has 0 N–H and O–H groups in total. The van der Waals surface area contributed by atoms with E-state index in [1.54, 1.807) is 23.3 Å².